The van der Waals surface area contributed by atoms with Crippen LogP contribution in [-0.4, -0.2) is 39.4 Å². The number of aliphatic hydroxyl groups is 2. The van der Waals surface area contributed by atoms with Gasteiger partial charge in [0.1, 0.15) is 5.02 Å². The van der Waals surface area contributed by atoms with Crippen molar-refractivity contribution >= 4 is 17.4 Å². The van der Waals surface area contributed by atoms with Crippen LogP contribution in [-0.2, 0) is 0 Å². The highest BCUT2D eigenvalue weighted by Gasteiger charge is 2.07. The van der Waals surface area contributed by atoms with Gasteiger partial charge in [-0.3, -0.25) is 4.79 Å². The molecule has 0 aliphatic carbocycles. The Labute approximate surface area is 84.6 Å². The first-order valence-corrected chi connectivity index (χ1v) is 4.29. The average molecular weight is 220 g/mol. The molecule has 0 saturated carbocycles. The number of nitrogens with one attached hydrogen (secondary N) is 2. The van der Waals surface area contributed by atoms with Crippen LogP contribution in [0.25, 0.3) is 0 Å². The maximum absolute atomic E-state index is 11.0. The van der Waals surface area contributed by atoms with Crippen molar-refractivity contribution in [2.45, 2.75) is 6.10 Å². The molecule has 0 saturated heterocycles. The smallest absolute Gasteiger partial charge is 0.271 e. The minimum atomic E-state index is -0.910. The number of halogens is 1. The molecule has 14 heavy (non-hydrogen) atoms. The van der Waals surface area contributed by atoms with Gasteiger partial charge in [-0.15, -0.1) is 0 Å². The lowest BCUT2D eigenvalue weighted by Crippen LogP contribution is -2.24. The van der Waals surface area contributed by atoms with Crippen LogP contribution in [0.3, 0.4) is 0 Å². The number of aliphatic hydroxyl groups excluding tert-OH is 2. The Morgan fingerprint density at radius 1 is 1.71 bits per heavy atom. The minimum absolute atomic E-state index is 0.0716. The van der Waals surface area contributed by atoms with Crippen LogP contribution < -0.4 is 10.9 Å². The van der Waals surface area contributed by atoms with E-state index in [0.29, 0.717) is 0 Å². The van der Waals surface area contributed by atoms with Crippen molar-refractivity contribution in [3.63, 3.8) is 0 Å². The second-order valence-corrected chi connectivity index (χ2v) is 2.99. The molecule has 1 unspecified atom stereocenters. The maximum Gasteiger partial charge on any atom is 0.271 e. The molecule has 0 amide bonds. The molecule has 1 aromatic rings. The molecule has 0 aliphatic heterocycles. The van der Waals surface area contributed by atoms with Gasteiger partial charge in [0.2, 0.25) is 0 Å². The van der Waals surface area contributed by atoms with Gasteiger partial charge < -0.3 is 20.5 Å². The van der Waals surface area contributed by atoms with Crippen molar-refractivity contribution in [3.05, 3.63) is 21.7 Å². The number of nitrogens with zero attached hydrogens (tertiary/aromatic N) is 1. The van der Waals surface area contributed by atoms with Crippen LogP contribution in [0.4, 0.5) is 5.82 Å². The van der Waals surface area contributed by atoms with E-state index in [1.807, 2.05) is 0 Å². The summed E-state index contributed by atoms with van der Waals surface area (Å²) in [7, 11) is 0. The van der Waals surface area contributed by atoms with Crippen molar-refractivity contribution in [1.29, 1.82) is 0 Å². The Hall–Kier alpha value is -1.11. The van der Waals surface area contributed by atoms with E-state index in [4.69, 9.17) is 21.8 Å². The van der Waals surface area contributed by atoms with E-state index in [-0.39, 0.29) is 24.0 Å². The normalized spacial score (nSPS) is 12.5. The van der Waals surface area contributed by atoms with E-state index in [1.54, 1.807) is 0 Å². The van der Waals surface area contributed by atoms with Gasteiger partial charge >= 0.3 is 0 Å². The van der Waals surface area contributed by atoms with Gasteiger partial charge in [-0.05, 0) is 0 Å². The predicted octanol–water partition coefficient (Wildman–Crippen LogP) is -0.812. The summed E-state index contributed by atoms with van der Waals surface area (Å²) in [6, 6.07) is 0. The summed E-state index contributed by atoms with van der Waals surface area (Å²) < 4.78 is 0. The second kappa shape index (κ2) is 4.94. The summed E-state index contributed by atoms with van der Waals surface area (Å²) in [6.07, 6.45) is 0.286. The van der Waals surface area contributed by atoms with Crippen molar-refractivity contribution in [1.82, 2.24) is 9.97 Å². The van der Waals surface area contributed by atoms with Crippen LogP contribution in [0, 0.1) is 0 Å². The number of rotatable bonds is 4. The Kier molecular flexibility index (Phi) is 3.87. The second-order valence-electron chi connectivity index (χ2n) is 2.61. The molecule has 6 nitrogen and oxygen atoms in total. The summed E-state index contributed by atoms with van der Waals surface area (Å²) in [4.78, 5) is 17.0. The molecule has 0 bridgehead atoms. The number of hydrogen-bond donors (Lipinski definition) is 4. The van der Waals surface area contributed by atoms with Gasteiger partial charge in [0.25, 0.3) is 5.56 Å². The largest absolute Gasteiger partial charge is 0.394 e. The van der Waals surface area contributed by atoms with Crippen LogP contribution >= 0.6 is 11.6 Å². The highest BCUT2D eigenvalue weighted by Crippen LogP contribution is 2.11. The van der Waals surface area contributed by atoms with E-state index < -0.39 is 11.7 Å². The van der Waals surface area contributed by atoms with Crippen molar-refractivity contribution in [2.24, 2.45) is 0 Å². The van der Waals surface area contributed by atoms with Crippen molar-refractivity contribution in [3.8, 4) is 0 Å². The van der Waals surface area contributed by atoms with Gasteiger partial charge in [-0.2, -0.15) is 0 Å². The molecule has 1 aromatic heterocycles. The first-order chi connectivity index (χ1) is 6.65. The molecule has 1 rings (SSSR count). The molecule has 0 radical (unpaired) electrons. The van der Waals surface area contributed by atoms with Gasteiger partial charge in [0.05, 0.1) is 19.0 Å². The first-order valence-electron chi connectivity index (χ1n) is 3.91. The van der Waals surface area contributed by atoms with Crippen molar-refractivity contribution in [2.75, 3.05) is 18.5 Å². The lowest BCUT2D eigenvalue weighted by molar-refractivity contribution is 0.105. The highest BCUT2D eigenvalue weighted by atomic mass is 35.5. The fourth-order valence-corrected chi connectivity index (χ4v) is 0.955. The maximum atomic E-state index is 11.0. The Bertz CT molecular complexity index is 354. The Morgan fingerprint density at radius 2 is 2.43 bits per heavy atom. The third-order valence-corrected chi connectivity index (χ3v) is 1.86. The summed E-state index contributed by atoms with van der Waals surface area (Å²) >= 11 is 5.61. The molecule has 0 fully saturated rings. The zero-order valence-corrected chi connectivity index (χ0v) is 7.95. The molecule has 1 heterocycles. The standard InChI is InChI=1S/C7H10ClN3O3/c8-5-6(9-1-4(13)2-12)10-3-11-7(5)14/h3-4,12-13H,1-2H2,(H2,9,10,11,14). The third-order valence-electron chi connectivity index (χ3n) is 1.51. The van der Waals surface area contributed by atoms with Crippen LogP contribution in [0.2, 0.25) is 5.02 Å². The molecule has 0 aromatic carbocycles. The van der Waals surface area contributed by atoms with Gasteiger partial charge in [-0.25, -0.2) is 4.98 Å². The monoisotopic (exact) mass is 219 g/mol. The van der Waals surface area contributed by atoms with E-state index in [9.17, 15) is 4.79 Å². The summed E-state index contributed by atoms with van der Waals surface area (Å²) in [5.74, 6) is 0.183. The lowest BCUT2D eigenvalue weighted by Gasteiger charge is -2.09. The van der Waals surface area contributed by atoms with E-state index in [2.05, 4.69) is 15.3 Å². The zero-order valence-electron chi connectivity index (χ0n) is 7.20. The molecular formula is C7H10ClN3O3. The quantitative estimate of drug-likeness (QED) is 0.531. The average Bonchev–Trinajstić information content (AvgIpc) is 2.20. The fourth-order valence-electron chi connectivity index (χ4n) is 0.785. The number of aromatic nitrogens is 2. The first kappa shape index (κ1) is 11.0. The van der Waals surface area contributed by atoms with Crippen LogP contribution in [0.5, 0.6) is 0 Å². The number of aromatic amines is 1. The molecule has 7 heteroatoms. The Morgan fingerprint density at radius 3 is 3.07 bits per heavy atom. The predicted molar refractivity (Wildman–Crippen MR) is 51.5 cm³/mol. The summed E-state index contributed by atoms with van der Waals surface area (Å²) in [6.45, 7) is -0.291. The molecule has 0 aliphatic rings. The number of H-pyrrole nitrogens is 1. The molecular weight excluding hydrogens is 210 g/mol. The molecule has 78 valence electrons. The summed E-state index contributed by atoms with van der Waals surface area (Å²) in [5.41, 5.74) is -0.456. The van der Waals surface area contributed by atoms with E-state index in [0.717, 1.165) is 0 Å². The van der Waals surface area contributed by atoms with Crippen molar-refractivity contribution < 1.29 is 10.2 Å². The molecule has 4 N–H and O–H groups in total. The van der Waals surface area contributed by atoms with Crippen LogP contribution in [0.15, 0.2) is 11.1 Å². The third kappa shape index (κ3) is 2.69. The van der Waals surface area contributed by atoms with Crippen LogP contribution in [0.1, 0.15) is 0 Å². The van der Waals surface area contributed by atoms with Gasteiger partial charge in [0, 0.05) is 6.54 Å². The zero-order chi connectivity index (χ0) is 10.6. The SMILES string of the molecule is O=c1[nH]cnc(NCC(O)CO)c1Cl. The molecule has 0 spiro atoms. The molecule has 1 atom stereocenters. The van der Waals surface area contributed by atoms with Gasteiger partial charge in [-0.1, -0.05) is 11.6 Å². The van der Waals surface area contributed by atoms with E-state index >= 15 is 0 Å². The number of anilines is 1. The minimum Gasteiger partial charge on any atom is -0.394 e. The number of hydrogen-bond acceptors (Lipinski definition) is 5. The fraction of sp³-hybridized carbons (Fsp3) is 0.429. The summed E-state index contributed by atoms with van der Waals surface area (Å²) in [5, 5.41) is 20.1. The topological polar surface area (TPSA) is 98.2 Å². The highest BCUT2D eigenvalue weighted by molar-refractivity contribution is 6.32. The Balaban J connectivity index is 2.68. The lowest BCUT2D eigenvalue weighted by atomic mass is 10.4. The van der Waals surface area contributed by atoms with E-state index in [1.165, 1.54) is 6.33 Å². The van der Waals surface area contributed by atoms with Gasteiger partial charge in [0.15, 0.2) is 5.82 Å².